The molecule has 6 heteroatoms. The van der Waals surface area contributed by atoms with Gasteiger partial charge in [0, 0.05) is 11.4 Å². The summed E-state index contributed by atoms with van der Waals surface area (Å²) in [5.41, 5.74) is 0.00701. The maximum atomic E-state index is 10.5. The minimum absolute atomic E-state index is 0.00701. The Morgan fingerprint density at radius 1 is 1.53 bits per heavy atom. The van der Waals surface area contributed by atoms with E-state index in [1.54, 1.807) is 6.07 Å². The topological polar surface area (TPSA) is 61.6 Å². The zero-order valence-corrected chi connectivity index (χ0v) is 9.27. The molecule has 1 atom stereocenters. The fourth-order valence-electron chi connectivity index (χ4n) is 1.29. The van der Waals surface area contributed by atoms with E-state index in [1.165, 1.54) is 12.1 Å². The van der Waals surface area contributed by atoms with E-state index in [0.29, 0.717) is 23.4 Å². The van der Waals surface area contributed by atoms with Gasteiger partial charge in [0.15, 0.2) is 11.5 Å². The molecular formula is C9H8BrNO4. The van der Waals surface area contributed by atoms with Crippen LogP contribution in [0.3, 0.4) is 0 Å². The zero-order valence-electron chi connectivity index (χ0n) is 7.68. The van der Waals surface area contributed by atoms with Crippen LogP contribution in [0.2, 0.25) is 0 Å². The molecule has 1 aromatic rings. The van der Waals surface area contributed by atoms with Crippen LogP contribution in [0, 0.1) is 10.1 Å². The molecule has 2 rings (SSSR count). The average Bonchev–Trinajstić information content (AvgIpc) is 2.27. The first-order valence-corrected chi connectivity index (χ1v) is 5.46. The van der Waals surface area contributed by atoms with E-state index in [2.05, 4.69) is 15.9 Å². The number of nitrogens with zero attached hydrogens (tertiary/aromatic N) is 1. The van der Waals surface area contributed by atoms with Crippen molar-refractivity contribution in [2.45, 2.75) is 6.10 Å². The van der Waals surface area contributed by atoms with Gasteiger partial charge in [-0.1, -0.05) is 15.9 Å². The predicted octanol–water partition coefficient (Wildman–Crippen LogP) is 2.13. The van der Waals surface area contributed by atoms with Crippen molar-refractivity contribution in [3.63, 3.8) is 0 Å². The van der Waals surface area contributed by atoms with Gasteiger partial charge in [0.1, 0.15) is 12.7 Å². The van der Waals surface area contributed by atoms with Crippen LogP contribution in [-0.4, -0.2) is 23.0 Å². The second-order valence-corrected chi connectivity index (χ2v) is 3.74. The normalized spacial score (nSPS) is 18.6. The predicted molar refractivity (Wildman–Crippen MR) is 56.8 cm³/mol. The highest BCUT2D eigenvalue weighted by Gasteiger charge is 2.22. The highest BCUT2D eigenvalue weighted by atomic mass is 79.9. The summed E-state index contributed by atoms with van der Waals surface area (Å²) in [6.45, 7) is 0.454. The van der Waals surface area contributed by atoms with Crippen LogP contribution in [0.4, 0.5) is 5.69 Å². The highest BCUT2D eigenvalue weighted by Crippen LogP contribution is 2.35. The first-order chi connectivity index (χ1) is 7.20. The minimum Gasteiger partial charge on any atom is -0.486 e. The van der Waals surface area contributed by atoms with Crippen LogP contribution in [0.1, 0.15) is 0 Å². The molecule has 0 spiro atoms. The van der Waals surface area contributed by atoms with Crippen molar-refractivity contribution in [3.8, 4) is 11.5 Å². The number of non-ortho nitro benzene ring substituents is 1. The Bertz CT molecular complexity index is 396. The van der Waals surface area contributed by atoms with Crippen molar-refractivity contribution < 1.29 is 14.4 Å². The van der Waals surface area contributed by atoms with E-state index in [4.69, 9.17) is 9.47 Å². The summed E-state index contributed by atoms with van der Waals surface area (Å²) >= 11 is 3.27. The van der Waals surface area contributed by atoms with Gasteiger partial charge in [0.05, 0.1) is 11.0 Å². The number of halogens is 1. The Hall–Kier alpha value is -1.30. The van der Waals surface area contributed by atoms with E-state index >= 15 is 0 Å². The molecule has 0 aromatic heterocycles. The summed E-state index contributed by atoms with van der Waals surface area (Å²) in [7, 11) is 0. The van der Waals surface area contributed by atoms with Gasteiger partial charge in [-0.3, -0.25) is 10.1 Å². The number of rotatable bonds is 2. The van der Waals surface area contributed by atoms with Gasteiger partial charge in [-0.2, -0.15) is 0 Å². The number of hydrogen-bond acceptors (Lipinski definition) is 4. The summed E-state index contributed by atoms with van der Waals surface area (Å²) in [5.74, 6) is 0.984. The number of fused-ring (bicyclic) bond motifs is 1. The molecule has 1 aromatic carbocycles. The monoisotopic (exact) mass is 273 g/mol. The third kappa shape index (κ3) is 2.04. The summed E-state index contributed by atoms with van der Waals surface area (Å²) in [5, 5.41) is 11.2. The third-order valence-electron chi connectivity index (χ3n) is 2.03. The second kappa shape index (κ2) is 4.06. The fourth-order valence-corrected chi connectivity index (χ4v) is 1.61. The molecule has 1 heterocycles. The van der Waals surface area contributed by atoms with E-state index in [9.17, 15) is 10.1 Å². The fraction of sp³-hybridized carbons (Fsp3) is 0.333. The standard InChI is InChI=1S/C9H8BrNO4/c10-4-7-5-14-8-2-1-6(11(12)13)3-9(8)15-7/h1-3,7H,4-5H2/t7-/m0/s1. The molecule has 0 fully saturated rings. The zero-order chi connectivity index (χ0) is 10.8. The molecule has 15 heavy (non-hydrogen) atoms. The third-order valence-corrected chi connectivity index (χ3v) is 2.75. The van der Waals surface area contributed by atoms with Crippen LogP contribution in [0.5, 0.6) is 11.5 Å². The first kappa shape index (κ1) is 10.2. The summed E-state index contributed by atoms with van der Waals surface area (Å²) in [4.78, 5) is 10.1. The van der Waals surface area contributed by atoms with Crippen molar-refractivity contribution in [2.75, 3.05) is 11.9 Å². The minimum atomic E-state index is -0.457. The van der Waals surface area contributed by atoms with Gasteiger partial charge in [0.25, 0.3) is 5.69 Å². The summed E-state index contributed by atoms with van der Waals surface area (Å²) in [6, 6.07) is 4.33. The number of benzene rings is 1. The Labute approximate surface area is 94.3 Å². The average molecular weight is 274 g/mol. The molecular weight excluding hydrogens is 266 g/mol. The lowest BCUT2D eigenvalue weighted by Crippen LogP contribution is -2.30. The quantitative estimate of drug-likeness (QED) is 0.471. The Balaban J connectivity index is 2.30. The number of hydrogen-bond donors (Lipinski definition) is 0. The van der Waals surface area contributed by atoms with E-state index < -0.39 is 4.92 Å². The van der Waals surface area contributed by atoms with Gasteiger partial charge in [0.2, 0.25) is 0 Å². The maximum Gasteiger partial charge on any atom is 0.273 e. The number of alkyl halides is 1. The first-order valence-electron chi connectivity index (χ1n) is 4.34. The van der Waals surface area contributed by atoms with Gasteiger partial charge in [-0.15, -0.1) is 0 Å². The smallest absolute Gasteiger partial charge is 0.273 e. The lowest BCUT2D eigenvalue weighted by Gasteiger charge is -2.24. The molecule has 0 amide bonds. The molecule has 5 nitrogen and oxygen atoms in total. The second-order valence-electron chi connectivity index (χ2n) is 3.09. The molecule has 0 unspecified atom stereocenters. The van der Waals surface area contributed by atoms with E-state index in [0.717, 1.165) is 0 Å². The summed E-state index contributed by atoms with van der Waals surface area (Å²) in [6.07, 6.45) is -0.0977. The SMILES string of the molecule is O=[N+]([O-])c1ccc2c(c1)O[C@@H](CBr)CO2. The van der Waals surface area contributed by atoms with Crippen LogP contribution in [0.15, 0.2) is 18.2 Å². The van der Waals surface area contributed by atoms with Crippen molar-refractivity contribution in [1.82, 2.24) is 0 Å². The molecule has 1 aliphatic heterocycles. The van der Waals surface area contributed by atoms with Crippen LogP contribution in [-0.2, 0) is 0 Å². The molecule has 0 saturated heterocycles. The van der Waals surface area contributed by atoms with Gasteiger partial charge in [-0.25, -0.2) is 0 Å². The Kier molecular flexibility index (Phi) is 2.77. The van der Waals surface area contributed by atoms with Gasteiger partial charge in [-0.05, 0) is 6.07 Å². The molecule has 0 aliphatic carbocycles. The molecule has 0 N–H and O–H groups in total. The number of nitro benzene ring substituents is 1. The Morgan fingerprint density at radius 2 is 2.33 bits per heavy atom. The Morgan fingerprint density at radius 3 is 3.00 bits per heavy atom. The highest BCUT2D eigenvalue weighted by molar-refractivity contribution is 9.09. The molecule has 0 radical (unpaired) electrons. The van der Waals surface area contributed by atoms with Crippen LogP contribution < -0.4 is 9.47 Å². The van der Waals surface area contributed by atoms with E-state index in [1.807, 2.05) is 0 Å². The lowest BCUT2D eigenvalue weighted by atomic mass is 10.2. The molecule has 80 valence electrons. The van der Waals surface area contributed by atoms with Crippen LogP contribution >= 0.6 is 15.9 Å². The molecule has 0 saturated carbocycles. The van der Waals surface area contributed by atoms with Crippen molar-refractivity contribution in [2.24, 2.45) is 0 Å². The van der Waals surface area contributed by atoms with Crippen molar-refractivity contribution in [3.05, 3.63) is 28.3 Å². The molecule has 1 aliphatic rings. The van der Waals surface area contributed by atoms with Crippen molar-refractivity contribution in [1.29, 1.82) is 0 Å². The largest absolute Gasteiger partial charge is 0.486 e. The molecule has 0 bridgehead atoms. The van der Waals surface area contributed by atoms with Gasteiger partial charge < -0.3 is 9.47 Å². The lowest BCUT2D eigenvalue weighted by molar-refractivity contribution is -0.385. The summed E-state index contributed by atoms with van der Waals surface area (Å²) < 4.78 is 10.9. The van der Waals surface area contributed by atoms with Crippen molar-refractivity contribution >= 4 is 21.6 Å². The maximum absolute atomic E-state index is 10.5. The van der Waals surface area contributed by atoms with E-state index in [-0.39, 0.29) is 11.8 Å². The van der Waals surface area contributed by atoms with Crippen LogP contribution in [0.25, 0.3) is 0 Å². The number of ether oxygens (including phenoxy) is 2. The van der Waals surface area contributed by atoms with Gasteiger partial charge >= 0.3 is 0 Å². The number of nitro groups is 1.